The van der Waals surface area contributed by atoms with E-state index in [2.05, 4.69) is 5.32 Å². The molecule has 0 atom stereocenters. The molecule has 1 N–H and O–H groups in total. The number of hydrogen-bond acceptors (Lipinski definition) is 3. The van der Waals surface area contributed by atoms with Crippen molar-refractivity contribution in [3.05, 3.63) is 23.7 Å². The molecule has 0 amide bonds. The van der Waals surface area contributed by atoms with Gasteiger partial charge in [0, 0.05) is 6.04 Å². The van der Waals surface area contributed by atoms with Crippen LogP contribution < -0.4 is 5.32 Å². The first-order valence-corrected chi connectivity index (χ1v) is 5.82. The maximum absolute atomic E-state index is 12.1. The molecule has 18 heavy (non-hydrogen) atoms. The average molecular weight is 264 g/mol. The number of nitrogens with zero attached hydrogens (tertiary/aromatic N) is 1. The predicted octanol–water partition coefficient (Wildman–Crippen LogP) is 2.77. The highest BCUT2D eigenvalue weighted by Gasteiger charge is 2.29. The second-order valence-electron chi connectivity index (χ2n) is 4.69. The second kappa shape index (κ2) is 6.24. The Kier molecular flexibility index (Phi) is 5.22. The summed E-state index contributed by atoms with van der Waals surface area (Å²) in [6.07, 6.45) is -4.18. The quantitative estimate of drug-likeness (QED) is 0.856. The molecule has 0 fully saturated rings. The number of alkyl halides is 3. The maximum atomic E-state index is 12.1. The van der Waals surface area contributed by atoms with Crippen molar-refractivity contribution in [2.24, 2.45) is 0 Å². The third-order valence-corrected chi connectivity index (χ3v) is 2.28. The Morgan fingerprint density at radius 1 is 1.28 bits per heavy atom. The van der Waals surface area contributed by atoms with Gasteiger partial charge in [0.1, 0.15) is 11.5 Å². The topological polar surface area (TPSA) is 28.4 Å². The Bertz CT molecular complexity index is 360. The van der Waals surface area contributed by atoms with E-state index in [-0.39, 0.29) is 6.54 Å². The number of furan rings is 1. The van der Waals surface area contributed by atoms with Crippen LogP contribution in [0.5, 0.6) is 0 Å². The summed E-state index contributed by atoms with van der Waals surface area (Å²) in [6, 6.07) is 3.84. The third-order valence-electron chi connectivity index (χ3n) is 2.28. The highest BCUT2D eigenvalue weighted by atomic mass is 19.4. The Morgan fingerprint density at radius 3 is 2.44 bits per heavy atom. The molecule has 0 aliphatic rings. The van der Waals surface area contributed by atoms with Crippen molar-refractivity contribution < 1.29 is 17.6 Å². The second-order valence-corrected chi connectivity index (χ2v) is 4.69. The van der Waals surface area contributed by atoms with Gasteiger partial charge in [-0.3, -0.25) is 4.90 Å². The normalized spacial score (nSPS) is 12.7. The molecule has 6 heteroatoms. The number of halogens is 3. The highest BCUT2D eigenvalue weighted by molar-refractivity contribution is 5.07. The summed E-state index contributed by atoms with van der Waals surface area (Å²) in [5, 5.41) is 3.18. The lowest BCUT2D eigenvalue weighted by molar-refractivity contribution is -0.144. The Balaban J connectivity index is 2.43. The SMILES string of the molecule is CC(C)NCc1ccc(CN(C)CC(F)(F)F)o1. The van der Waals surface area contributed by atoms with Gasteiger partial charge in [-0.25, -0.2) is 0 Å². The van der Waals surface area contributed by atoms with Gasteiger partial charge in [0.05, 0.1) is 19.6 Å². The van der Waals surface area contributed by atoms with E-state index in [0.29, 0.717) is 18.3 Å². The maximum Gasteiger partial charge on any atom is 0.401 e. The van der Waals surface area contributed by atoms with Gasteiger partial charge in [-0.05, 0) is 19.2 Å². The first-order valence-electron chi connectivity index (χ1n) is 5.82. The van der Waals surface area contributed by atoms with Crippen LogP contribution in [0.1, 0.15) is 25.4 Å². The molecule has 0 aromatic carbocycles. The lowest BCUT2D eigenvalue weighted by Gasteiger charge is -2.16. The Labute approximate surface area is 105 Å². The molecule has 0 bridgehead atoms. The molecule has 3 nitrogen and oxygen atoms in total. The average Bonchev–Trinajstić information content (AvgIpc) is 2.59. The standard InChI is InChI=1S/C12H19F3N2O/c1-9(2)16-6-10-4-5-11(18-10)7-17(3)8-12(13,14)15/h4-5,9,16H,6-8H2,1-3H3. The van der Waals surface area contributed by atoms with Gasteiger partial charge in [0.25, 0.3) is 0 Å². The zero-order chi connectivity index (χ0) is 13.8. The van der Waals surface area contributed by atoms with Gasteiger partial charge in [-0.1, -0.05) is 13.8 Å². The molecule has 0 aliphatic carbocycles. The highest BCUT2D eigenvalue weighted by Crippen LogP contribution is 2.17. The smallest absolute Gasteiger partial charge is 0.401 e. The summed E-state index contributed by atoms with van der Waals surface area (Å²) >= 11 is 0. The fourth-order valence-corrected chi connectivity index (χ4v) is 1.54. The van der Waals surface area contributed by atoms with E-state index in [0.717, 1.165) is 5.76 Å². The van der Waals surface area contributed by atoms with Crippen LogP contribution >= 0.6 is 0 Å². The van der Waals surface area contributed by atoms with Crippen molar-refractivity contribution in [3.8, 4) is 0 Å². The van der Waals surface area contributed by atoms with Crippen molar-refractivity contribution in [1.82, 2.24) is 10.2 Å². The van der Waals surface area contributed by atoms with Crippen LogP contribution in [0.15, 0.2) is 16.5 Å². The van der Waals surface area contributed by atoms with E-state index in [4.69, 9.17) is 4.42 Å². The minimum Gasteiger partial charge on any atom is -0.463 e. The number of nitrogens with one attached hydrogen (secondary N) is 1. The molecular weight excluding hydrogens is 245 g/mol. The Hall–Kier alpha value is -1.01. The number of rotatable bonds is 6. The fraction of sp³-hybridized carbons (Fsp3) is 0.667. The number of hydrogen-bond donors (Lipinski definition) is 1. The van der Waals surface area contributed by atoms with Gasteiger partial charge in [0.15, 0.2) is 0 Å². The van der Waals surface area contributed by atoms with Gasteiger partial charge in [-0.15, -0.1) is 0 Å². The molecule has 0 aliphatic heterocycles. The predicted molar refractivity (Wildman–Crippen MR) is 63.1 cm³/mol. The van der Waals surface area contributed by atoms with E-state index in [1.165, 1.54) is 11.9 Å². The van der Waals surface area contributed by atoms with Crippen molar-refractivity contribution in [2.45, 2.75) is 39.2 Å². The van der Waals surface area contributed by atoms with Crippen LogP contribution in [0.25, 0.3) is 0 Å². The molecule has 0 spiro atoms. The summed E-state index contributed by atoms with van der Waals surface area (Å²) in [6.45, 7) is 3.83. The molecule has 104 valence electrons. The molecule has 0 unspecified atom stereocenters. The molecule has 0 saturated carbocycles. The van der Waals surface area contributed by atoms with Crippen LogP contribution in [-0.2, 0) is 13.1 Å². The van der Waals surface area contributed by atoms with Crippen LogP contribution in [0.3, 0.4) is 0 Å². The summed E-state index contributed by atoms with van der Waals surface area (Å²) in [7, 11) is 1.42. The van der Waals surface area contributed by atoms with Crippen LogP contribution in [0, 0.1) is 0 Å². The van der Waals surface area contributed by atoms with Crippen molar-refractivity contribution in [1.29, 1.82) is 0 Å². The van der Waals surface area contributed by atoms with Crippen LogP contribution in [-0.4, -0.2) is 30.7 Å². The van der Waals surface area contributed by atoms with Gasteiger partial charge in [-0.2, -0.15) is 13.2 Å². The lowest BCUT2D eigenvalue weighted by atomic mass is 10.3. The van der Waals surface area contributed by atoms with E-state index < -0.39 is 12.7 Å². The third kappa shape index (κ3) is 6.07. The molecular formula is C12H19F3N2O. The summed E-state index contributed by atoms with van der Waals surface area (Å²) < 4.78 is 41.9. The first kappa shape index (κ1) is 15.0. The summed E-state index contributed by atoms with van der Waals surface area (Å²) in [5.41, 5.74) is 0. The summed E-state index contributed by atoms with van der Waals surface area (Å²) in [5.74, 6) is 1.28. The van der Waals surface area contributed by atoms with E-state index >= 15 is 0 Å². The molecule has 0 saturated heterocycles. The van der Waals surface area contributed by atoms with E-state index in [1.54, 1.807) is 12.1 Å². The van der Waals surface area contributed by atoms with Crippen molar-refractivity contribution in [2.75, 3.05) is 13.6 Å². The minimum atomic E-state index is -4.18. The Morgan fingerprint density at radius 2 is 1.89 bits per heavy atom. The van der Waals surface area contributed by atoms with Crippen LogP contribution in [0.2, 0.25) is 0 Å². The minimum absolute atomic E-state index is 0.154. The van der Waals surface area contributed by atoms with Crippen LogP contribution in [0.4, 0.5) is 13.2 Å². The molecule has 1 aromatic rings. The first-order chi connectivity index (χ1) is 8.26. The molecule has 1 heterocycles. The van der Waals surface area contributed by atoms with Crippen molar-refractivity contribution in [3.63, 3.8) is 0 Å². The van der Waals surface area contributed by atoms with E-state index in [1.807, 2.05) is 13.8 Å². The zero-order valence-electron chi connectivity index (χ0n) is 10.8. The monoisotopic (exact) mass is 264 g/mol. The summed E-state index contributed by atoms with van der Waals surface area (Å²) in [4.78, 5) is 1.18. The zero-order valence-corrected chi connectivity index (χ0v) is 10.8. The molecule has 1 rings (SSSR count). The van der Waals surface area contributed by atoms with Gasteiger partial charge < -0.3 is 9.73 Å². The van der Waals surface area contributed by atoms with E-state index in [9.17, 15) is 13.2 Å². The van der Waals surface area contributed by atoms with Crippen molar-refractivity contribution >= 4 is 0 Å². The lowest BCUT2D eigenvalue weighted by Crippen LogP contribution is -2.30. The fourth-order valence-electron chi connectivity index (χ4n) is 1.54. The van der Waals surface area contributed by atoms with Gasteiger partial charge >= 0.3 is 6.18 Å². The van der Waals surface area contributed by atoms with Gasteiger partial charge in [0.2, 0.25) is 0 Å². The largest absolute Gasteiger partial charge is 0.463 e. The molecule has 1 aromatic heterocycles. The molecule has 0 radical (unpaired) electrons.